The number of aryl methyl sites for hydroxylation is 1. The molecule has 1 aromatic carbocycles. The molecule has 22 heavy (non-hydrogen) atoms. The molecule has 2 heterocycles. The maximum atomic E-state index is 11.7. The number of hydrogen-bond acceptors (Lipinski definition) is 7. The van der Waals surface area contributed by atoms with Crippen molar-refractivity contribution in [3.8, 4) is 11.3 Å². The third kappa shape index (κ3) is 3.53. The van der Waals surface area contributed by atoms with E-state index in [1.807, 2.05) is 30.3 Å². The number of nitrogens with zero attached hydrogens (tertiary/aromatic N) is 3. The molecule has 0 aliphatic rings. The average Bonchev–Trinajstić information content (AvgIpc) is 3.15. The quantitative estimate of drug-likeness (QED) is 0.723. The van der Waals surface area contributed by atoms with Crippen molar-refractivity contribution in [2.24, 2.45) is 0 Å². The molecule has 0 saturated heterocycles. The van der Waals surface area contributed by atoms with Crippen LogP contribution in [0.25, 0.3) is 11.3 Å². The van der Waals surface area contributed by atoms with E-state index in [1.54, 1.807) is 13.2 Å². The number of hydrogen-bond donors (Lipinski definition) is 1. The van der Waals surface area contributed by atoms with Crippen molar-refractivity contribution >= 4 is 23.7 Å². The van der Waals surface area contributed by atoms with E-state index in [4.69, 9.17) is 8.94 Å². The van der Waals surface area contributed by atoms with E-state index in [9.17, 15) is 4.79 Å². The Morgan fingerprint density at radius 3 is 2.82 bits per heavy atom. The summed E-state index contributed by atoms with van der Waals surface area (Å²) in [7, 11) is 0. The third-order valence-electron chi connectivity index (χ3n) is 2.65. The molecule has 112 valence electrons. The molecular weight excluding hydrogens is 304 g/mol. The number of amides is 1. The van der Waals surface area contributed by atoms with E-state index >= 15 is 0 Å². The van der Waals surface area contributed by atoms with Crippen LogP contribution in [0.3, 0.4) is 0 Å². The Bertz CT molecular complexity index is 769. The normalized spacial score (nSPS) is 10.6. The molecule has 7 nitrogen and oxygen atoms in total. The Morgan fingerprint density at radius 1 is 1.27 bits per heavy atom. The zero-order chi connectivity index (χ0) is 15.4. The number of carbonyl (C=O) groups is 1. The van der Waals surface area contributed by atoms with E-state index < -0.39 is 0 Å². The van der Waals surface area contributed by atoms with Crippen molar-refractivity contribution < 1.29 is 13.7 Å². The minimum absolute atomic E-state index is 0.0838. The Balaban J connectivity index is 1.56. The van der Waals surface area contributed by atoms with Gasteiger partial charge in [-0.3, -0.25) is 10.1 Å². The number of oxazole rings is 1. The summed E-state index contributed by atoms with van der Waals surface area (Å²) in [5, 5.41) is 6.51. The number of aromatic nitrogens is 3. The number of rotatable bonds is 5. The van der Waals surface area contributed by atoms with Gasteiger partial charge in [0.2, 0.25) is 5.91 Å². The molecule has 0 saturated carbocycles. The maximum Gasteiger partial charge on any atom is 0.328 e. The second kappa shape index (κ2) is 6.44. The minimum Gasteiger partial charge on any atom is -0.439 e. The molecule has 0 spiro atoms. The van der Waals surface area contributed by atoms with Crippen molar-refractivity contribution in [2.75, 3.05) is 11.1 Å². The summed E-state index contributed by atoms with van der Waals surface area (Å²) in [6.45, 7) is 1.67. The van der Waals surface area contributed by atoms with Crippen LogP contribution in [-0.2, 0) is 4.79 Å². The van der Waals surface area contributed by atoms with Crippen LogP contribution in [0.1, 0.15) is 5.82 Å². The second-order valence-electron chi connectivity index (χ2n) is 4.35. The predicted octanol–water partition coefficient (Wildman–Crippen LogP) is 2.76. The van der Waals surface area contributed by atoms with Crippen LogP contribution < -0.4 is 5.32 Å². The molecule has 0 aliphatic carbocycles. The summed E-state index contributed by atoms with van der Waals surface area (Å²) in [6, 6.07) is 9.75. The first kappa shape index (κ1) is 14.3. The Hall–Kier alpha value is -2.61. The van der Waals surface area contributed by atoms with E-state index in [0.717, 1.165) is 11.3 Å². The number of carbonyl (C=O) groups excluding carboxylic acids is 1. The van der Waals surface area contributed by atoms with E-state index in [1.165, 1.54) is 11.8 Å². The standard InChI is InChI=1S/C14H12N4O3S/c1-9-15-13(21-18-9)17-12(19)8-22-14-16-11(7-20-14)10-5-3-2-4-6-10/h2-7H,8H2,1H3,(H,15,17,18,19). The summed E-state index contributed by atoms with van der Waals surface area (Å²) >= 11 is 1.19. The number of benzene rings is 1. The Labute approximate surface area is 130 Å². The molecule has 1 amide bonds. The highest BCUT2D eigenvalue weighted by atomic mass is 32.2. The van der Waals surface area contributed by atoms with E-state index in [2.05, 4.69) is 20.4 Å². The number of thioether (sulfide) groups is 1. The van der Waals surface area contributed by atoms with Gasteiger partial charge in [-0.1, -0.05) is 47.3 Å². The Morgan fingerprint density at radius 2 is 2.09 bits per heavy atom. The van der Waals surface area contributed by atoms with Gasteiger partial charge in [-0.05, 0) is 6.92 Å². The molecule has 0 aliphatic heterocycles. The summed E-state index contributed by atoms with van der Waals surface area (Å²) < 4.78 is 10.2. The lowest BCUT2D eigenvalue weighted by atomic mass is 10.2. The van der Waals surface area contributed by atoms with Gasteiger partial charge in [0.1, 0.15) is 12.0 Å². The van der Waals surface area contributed by atoms with Crippen molar-refractivity contribution in [2.45, 2.75) is 12.1 Å². The molecule has 3 rings (SSSR count). The summed E-state index contributed by atoms with van der Waals surface area (Å²) in [5.41, 5.74) is 1.69. The molecule has 0 fully saturated rings. The smallest absolute Gasteiger partial charge is 0.328 e. The van der Waals surface area contributed by atoms with Crippen LogP contribution in [0.5, 0.6) is 0 Å². The van der Waals surface area contributed by atoms with Gasteiger partial charge in [0.05, 0.1) is 5.75 Å². The summed E-state index contributed by atoms with van der Waals surface area (Å²) in [4.78, 5) is 20.0. The summed E-state index contributed by atoms with van der Waals surface area (Å²) in [6.07, 6.45) is 1.57. The predicted molar refractivity (Wildman–Crippen MR) is 80.3 cm³/mol. The van der Waals surface area contributed by atoms with Crippen LogP contribution in [0.15, 0.2) is 50.8 Å². The number of nitrogens with one attached hydrogen (secondary N) is 1. The first-order chi connectivity index (χ1) is 10.7. The van der Waals surface area contributed by atoms with Gasteiger partial charge < -0.3 is 8.94 Å². The van der Waals surface area contributed by atoms with E-state index in [-0.39, 0.29) is 17.7 Å². The van der Waals surface area contributed by atoms with Gasteiger partial charge in [-0.25, -0.2) is 4.98 Å². The van der Waals surface area contributed by atoms with Gasteiger partial charge in [0.25, 0.3) is 5.22 Å². The lowest BCUT2D eigenvalue weighted by molar-refractivity contribution is -0.114. The Kier molecular flexibility index (Phi) is 4.19. The molecule has 0 bridgehead atoms. The lowest BCUT2D eigenvalue weighted by Crippen LogP contribution is -2.14. The highest BCUT2D eigenvalue weighted by Crippen LogP contribution is 2.23. The monoisotopic (exact) mass is 316 g/mol. The zero-order valence-corrected chi connectivity index (χ0v) is 12.5. The molecule has 1 N–H and O–H groups in total. The average molecular weight is 316 g/mol. The van der Waals surface area contributed by atoms with Gasteiger partial charge in [-0.15, -0.1) is 0 Å². The fraction of sp³-hybridized carbons (Fsp3) is 0.143. The van der Waals surface area contributed by atoms with Crippen LogP contribution in [0, 0.1) is 6.92 Å². The largest absolute Gasteiger partial charge is 0.439 e. The molecule has 8 heteroatoms. The first-order valence-corrected chi connectivity index (χ1v) is 7.43. The SMILES string of the molecule is Cc1noc(NC(=O)CSc2nc(-c3ccccc3)co2)n1. The van der Waals surface area contributed by atoms with Gasteiger partial charge >= 0.3 is 6.01 Å². The molecular formula is C14H12N4O3S. The summed E-state index contributed by atoms with van der Waals surface area (Å²) in [5.74, 6) is 0.326. The molecule has 0 atom stereocenters. The topological polar surface area (TPSA) is 94.1 Å². The lowest BCUT2D eigenvalue weighted by Gasteiger charge is -1.97. The van der Waals surface area contributed by atoms with Crippen molar-refractivity contribution in [3.05, 3.63) is 42.4 Å². The van der Waals surface area contributed by atoms with Crippen molar-refractivity contribution in [1.82, 2.24) is 15.1 Å². The van der Waals surface area contributed by atoms with Crippen molar-refractivity contribution in [3.63, 3.8) is 0 Å². The van der Waals surface area contributed by atoms with Crippen LogP contribution >= 0.6 is 11.8 Å². The molecule has 2 aromatic heterocycles. The zero-order valence-electron chi connectivity index (χ0n) is 11.6. The van der Waals surface area contributed by atoms with Gasteiger partial charge in [0.15, 0.2) is 5.82 Å². The fourth-order valence-electron chi connectivity index (χ4n) is 1.70. The van der Waals surface area contributed by atoms with E-state index in [0.29, 0.717) is 11.0 Å². The van der Waals surface area contributed by atoms with Crippen LogP contribution in [-0.4, -0.2) is 26.8 Å². The highest BCUT2D eigenvalue weighted by molar-refractivity contribution is 7.99. The minimum atomic E-state index is -0.270. The van der Waals surface area contributed by atoms with Crippen LogP contribution in [0.2, 0.25) is 0 Å². The molecule has 0 radical (unpaired) electrons. The molecule has 3 aromatic rings. The highest BCUT2D eigenvalue weighted by Gasteiger charge is 2.11. The third-order valence-corrected chi connectivity index (χ3v) is 3.49. The fourth-order valence-corrected chi connectivity index (χ4v) is 2.30. The van der Waals surface area contributed by atoms with Crippen LogP contribution in [0.4, 0.5) is 6.01 Å². The van der Waals surface area contributed by atoms with Crippen molar-refractivity contribution in [1.29, 1.82) is 0 Å². The van der Waals surface area contributed by atoms with Gasteiger partial charge in [0, 0.05) is 5.56 Å². The second-order valence-corrected chi connectivity index (χ2v) is 5.27. The number of anilines is 1. The molecule has 0 unspecified atom stereocenters. The maximum absolute atomic E-state index is 11.7. The van der Waals surface area contributed by atoms with Gasteiger partial charge in [-0.2, -0.15) is 4.98 Å². The first-order valence-electron chi connectivity index (χ1n) is 6.44.